The lowest BCUT2D eigenvalue weighted by molar-refractivity contribution is 0.0938. The molecule has 4 rings (SSSR count). The number of carbonyl (C=O) groups excluding carboxylic acids is 1. The van der Waals surface area contributed by atoms with Crippen molar-refractivity contribution in [2.45, 2.75) is 18.9 Å². The number of benzene rings is 2. The van der Waals surface area contributed by atoms with Crippen LogP contribution in [-0.4, -0.2) is 40.6 Å². The van der Waals surface area contributed by atoms with E-state index in [9.17, 15) is 9.18 Å². The van der Waals surface area contributed by atoms with E-state index >= 15 is 0 Å². The molecule has 0 unspecified atom stereocenters. The van der Waals surface area contributed by atoms with Crippen molar-refractivity contribution in [1.82, 2.24) is 20.4 Å². The lowest BCUT2D eigenvalue weighted by Crippen LogP contribution is -2.36. The van der Waals surface area contributed by atoms with E-state index in [0.717, 1.165) is 18.7 Å². The summed E-state index contributed by atoms with van der Waals surface area (Å²) in [5.74, 6) is -0.501. The van der Waals surface area contributed by atoms with Crippen molar-refractivity contribution in [3.63, 3.8) is 0 Å². The van der Waals surface area contributed by atoms with Crippen molar-refractivity contribution >= 4 is 5.91 Å². The van der Waals surface area contributed by atoms with Crippen LogP contribution in [0.1, 0.15) is 34.8 Å². The molecule has 6 heteroatoms. The number of nitrogens with one attached hydrogen (secondary N) is 2. The van der Waals surface area contributed by atoms with Gasteiger partial charge >= 0.3 is 0 Å². The molecule has 0 aliphatic carbocycles. The summed E-state index contributed by atoms with van der Waals surface area (Å²) >= 11 is 0. The van der Waals surface area contributed by atoms with Gasteiger partial charge in [-0.2, -0.15) is 5.10 Å². The highest BCUT2D eigenvalue weighted by molar-refractivity contribution is 5.99. The van der Waals surface area contributed by atoms with Gasteiger partial charge in [0.1, 0.15) is 5.82 Å². The van der Waals surface area contributed by atoms with Gasteiger partial charge in [0.15, 0.2) is 0 Å². The molecule has 0 bridgehead atoms. The summed E-state index contributed by atoms with van der Waals surface area (Å²) in [4.78, 5) is 15.3. The van der Waals surface area contributed by atoms with Crippen LogP contribution in [0.15, 0.2) is 60.8 Å². The summed E-state index contributed by atoms with van der Waals surface area (Å²) in [6, 6.07) is 16.4. The average Bonchev–Trinajstić information content (AvgIpc) is 3.42. The fourth-order valence-electron chi connectivity index (χ4n) is 3.77. The normalized spacial score (nSPS) is 15.5. The monoisotopic (exact) mass is 378 g/mol. The van der Waals surface area contributed by atoms with Crippen molar-refractivity contribution in [1.29, 1.82) is 0 Å². The second-order valence-electron chi connectivity index (χ2n) is 7.05. The Morgan fingerprint density at radius 3 is 2.54 bits per heavy atom. The first-order chi connectivity index (χ1) is 13.7. The summed E-state index contributed by atoms with van der Waals surface area (Å²) in [7, 11) is 0. The van der Waals surface area contributed by atoms with Gasteiger partial charge in [-0.3, -0.25) is 14.8 Å². The Labute approximate surface area is 163 Å². The molecule has 2 N–H and O–H groups in total. The Kier molecular flexibility index (Phi) is 5.48. The number of aromatic nitrogens is 2. The number of nitrogens with zero attached hydrogens (tertiary/aromatic N) is 2. The van der Waals surface area contributed by atoms with E-state index in [4.69, 9.17) is 0 Å². The molecule has 3 aromatic rings. The topological polar surface area (TPSA) is 61.0 Å². The van der Waals surface area contributed by atoms with E-state index in [1.165, 1.54) is 36.7 Å². The van der Waals surface area contributed by atoms with E-state index in [-0.39, 0.29) is 17.8 Å². The average molecular weight is 378 g/mol. The van der Waals surface area contributed by atoms with Gasteiger partial charge in [0.2, 0.25) is 0 Å². The van der Waals surface area contributed by atoms with Crippen molar-refractivity contribution in [3.05, 3.63) is 77.7 Å². The van der Waals surface area contributed by atoms with Crippen LogP contribution in [-0.2, 0) is 0 Å². The fraction of sp³-hybridized carbons (Fsp3) is 0.273. The van der Waals surface area contributed by atoms with Gasteiger partial charge in [0, 0.05) is 12.1 Å². The summed E-state index contributed by atoms with van der Waals surface area (Å²) in [6.07, 6.45) is 3.89. The first kappa shape index (κ1) is 18.4. The molecule has 1 amide bonds. The van der Waals surface area contributed by atoms with E-state index < -0.39 is 0 Å². The van der Waals surface area contributed by atoms with E-state index in [0.29, 0.717) is 17.8 Å². The van der Waals surface area contributed by atoms with Gasteiger partial charge in [0.25, 0.3) is 5.91 Å². The number of aromatic amines is 1. The number of hydrogen-bond acceptors (Lipinski definition) is 3. The molecule has 2 heterocycles. The minimum Gasteiger partial charge on any atom is -0.350 e. The molecule has 0 saturated carbocycles. The summed E-state index contributed by atoms with van der Waals surface area (Å²) in [6.45, 7) is 2.61. The van der Waals surface area contributed by atoms with Crippen LogP contribution in [0.5, 0.6) is 0 Å². The fourth-order valence-corrected chi connectivity index (χ4v) is 3.77. The van der Waals surface area contributed by atoms with Crippen LogP contribution in [0.2, 0.25) is 0 Å². The molecule has 0 spiro atoms. The third kappa shape index (κ3) is 3.97. The summed E-state index contributed by atoms with van der Waals surface area (Å²) < 4.78 is 13.2. The zero-order valence-electron chi connectivity index (χ0n) is 15.6. The lowest BCUT2D eigenvalue weighted by atomic mass is 10.0. The Morgan fingerprint density at radius 2 is 1.82 bits per heavy atom. The highest BCUT2D eigenvalue weighted by Crippen LogP contribution is 2.25. The third-order valence-electron chi connectivity index (χ3n) is 5.24. The number of likely N-dealkylation sites (tertiary alicyclic amines) is 1. The molecule has 144 valence electrons. The van der Waals surface area contributed by atoms with Crippen LogP contribution in [0.25, 0.3) is 11.3 Å². The first-order valence-electron chi connectivity index (χ1n) is 9.59. The van der Waals surface area contributed by atoms with Crippen molar-refractivity contribution in [2.24, 2.45) is 0 Å². The molecule has 1 saturated heterocycles. The van der Waals surface area contributed by atoms with Crippen molar-refractivity contribution < 1.29 is 9.18 Å². The summed E-state index contributed by atoms with van der Waals surface area (Å²) in [5, 5.41) is 9.94. The maximum atomic E-state index is 13.2. The maximum absolute atomic E-state index is 13.2. The molecule has 2 aromatic carbocycles. The van der Waals surface area contributed by atoms with Gasteiger partial charge in [-0.05, 0) is 55.8 Å². The second-order valence-corrected chi connectivity index (χ2v) is 7.05. The van der Waals surface area contributed by atoms with Gasteiger partial charge in [-0.15, -0.1) is 0 Å². The standard InChI is InChI=1S/C22H23FN4O/c23-18-10-8-17(9-11-18)21-19(14-25-26-21)22(28)24-15-20(27-12-4-5-13-27)16-6-2-1-3-7-16/h1-3,6-11,14,20H,4-5,12-13,15H2,(H,24,28)(H,25,26)/t20-/m0/s1. The van der Waals surface area contributed by atoms with Gasteiger partial charge < -0.3 is 5.32 Å². The Bertz CT molecular complexity index is 917. The highest BCUT2D eigenvalue weighted by atomic mass is 19.1. The molecule has 5 nitrogen and oxygen atoms in total. The summed E-state index contributed by atoms with van der Waals surface area (Å²) in [5.41, 5.74) is 2.98. The molecule has 1 aliphatic rings. The van der Waals surface area contributed by atoms with Crippen LogP contribution in [0.3, 0.4) is 0 Å². The van der Waals surface area contributed by atoms with Gasteiger partial charge in [0.05, 0.1) is 23.5 Å². The largest absolute Gasteiger partial charge is 0.350 e. The molecule has 1 aromatic heterocycles. The van der Waals surface area contributed by atoms with Crippen LogP contribution in [0.4, 0.5) is 4.39 Å². The highest BCUT2D eigenvalue weighted by Gasteiger charge is 2.24. The number of hydrogen-bond donors (Lipinski definition) is 2. The van der Waals surface area contributed by atoms with Crippen LogP contribution >= 0.6 is 0 Å². The number of halogens is 1. The van der Waals surface area contributed by atoms with E-state index in [1.54, 1.807) is 12.1 Å². The number of rotatable bonds is 6. The minimum absolute atomic E-state index is 0.147. The second kappa shape index (κ2) is 8.35. The SMILES string of the molecule is O=C(NC[C@@H](c1ccccc1)N1CCCC1)c1cn[nH]c1-c1ccc(F)cc1. The van der Waals surface area contributed by atoms with Crippen molar-refractivity contribution in [3.8, 4) is 11.3 Å². The molecule has 1 atom stereocenters. The van der Waals surface area contributed by atoms with Crippen LogP contribution < -0.4 is 5.32 Å². The zero-order valence-corrected chi connectivity index (χ0v) is 15.6. The zero-order chi connectivity index (χ0) is 19.3. The third-order valence-corrected chi connectivity index (χ3v) is 5.24. The molecule has 1 aliphatic heterocycles. The van der Waals surface area contributed by atoms with Gasteiger partial charge in [-0.25, -0.2) is 4.39 Å². The lowest BCUT2D eigenvalue weighted by Gasteiger charge is -2.28. The van der Waals surface area contributed by atoms with E-state index in [2.05, 4.69) is 32.5 Å². The van der Waals surface area contributed by atoms with Crippen molar-refractivity contribution in [2.75, 3.05) is 19.6 Å². The van der Waals surface area contributed by atoms with E-state index in [1.807, 2.05) is 18.2 Å². The molecular formula is C22H23FN4O. The number of amides is 1. The molecular weight excluding hydrogens is 355 g/mol. The number of carbonyl (C=O) groups is 1. The van der Waals surface area contributed by atoms with Crippen LogP contribution in [0, 0.1) is 5.82 Å². The molecule has 1 fully saturated rings. The Balaban J connectivity index is 1.50. The first-order valence-corrected chi connectivity index (χ1v) is 9.59. The predicted octanol–water partition coefficient (Wildman–Crippen LogP) is 3.78. The molecule has 28 heavy (non-hydrogen) atoms. The molecule has 0 radical (unpaired) electrons. The minimum atomic E-state index is -0.314. The number of H-pyrrole nitrogens is 1. The quantitative estimate of drug-likeness (QED) is 0.686. The maximum Gasteiger partial charge on any atom is 0.255 e. The predicted molar refractivity (Wildman–Crippen MR) is 106 cm³/mol. The Morgan fingerprint density at radius 1 is 1.11 bits per heavy atom. The Hall–Kier alpha value is -2.99. The smallest absolute Gasteiger partial charge is 0.255 e. The van der Waals surface area contributed by atoms with Gasteiger partial charge in [-0.1, -0.05) is 30.3 Å².